The van der Waals surface area contributed by atoms with E-state index in [2.05, 4.69) is 0 Å². The molecule has 0 aliphatic carbocycles. The molecule has 14 heavy (non-hydrogen) atoms. The summed E-state index contributed by atoms with van der Waals surface area (Å²) in [5, 5.41) is 17.6. The average molecular weight is 230 g/mol. The van der Waals surface area contributed by atoms with Crippen molar-refractivity contribution in [2.45, 2.75) is 33.6 Å². The van der Waals surface area contributed by atoms with Gasteiger partial charge < -0.3 is 13.1 Å². The molecule has 2 N–H and O–H groups in total. The molecule has 4 nitrogen and oxygen atoms in total. The molecule has 0 bridgehead atoms. The molecule has 0 amide bonds. The largest absolute Gasteiger partial charge is 2.00 e. The first-order valence-electron chi connectivity index (χ1n) is 4.34. The average Bonchev–Trinajstić information content (AvgIpc) is 2.02. The molecule has 0 fully saturated rings. The van der Waals surface area contributed by atoms with Gasteiger partial charge in [-0.3, -0.25) is 9.59 Å². The number of aliphatic carboxylic acids is 2. The van der Waals surface area contributed by atoms with Crippen LogP contribution in [-0.4, -0.2) is 59.9 Å². The van der Waals surface area contributed by atoms with Crippen LogP contribution < -0.4 is 0 Å². The molecule has 5 heteroatoms. The minimum atomic E-state index is -1.66. The molecule has 0 aromatic heterocycles. The Labute approximate surface area is 117 Å². The van der Waals surface area contributed by atoms with Crippen LogP contribution >= 0.6 is 0 Å². The van der Waals surface area contributed by atoms with Gasteiger partial charge in [-0.15, -0.1) is 0 Å². The van der Waals surface area contributed by atoms with E-state index in [0.29, 0.717) is 6.42 Å². The van der Waals surface area contributed by atoms with Gasteiger partial charge >= 0.3 is 49.7 Å². The maximum absolute atomic E-state index is 10.8. The van der Waals surface area contributed by atoms with E-state index in [9.17, 15) is 9.59 Å². The second-order valence-electron chi connectivity index (χ2n) is 3.50. The van der Waals surface area contributed by atoms with Crippen LogP contribution in [0.4, 0.5) is 0 Å². The number of carboxylic acids is 2. The first-order chi connectivity index (χ1) is 5.87. The van der Waals surface area contributed by atoms with Crippen LogP contribution in [0.2, 0.25) is 0 Å². The molecular formula is C9H18CaO4. The summed E-state index contributed by atoms with van der Waals surface area (Å²) in [5.41, 5.74) is -1.66. The van der Waals surface area contributed by atoms with E-state index in [1.165, 1.54) is 6.92 Å². The summed E-state index contributed by atoms with van der Waals surface area (Å²) >= 11 is 0. The number of hydrogen-bond donors (Lipinski definition) is 2. The van der Waals surface area contributed by atoms with Crippen molar-refractivity contribution in [2.24, 2.45) is 11.3 Å². The fraction of sp³-hybridized carbons (Fsp3) is 0.778. The van der Waals surface area contributed by atoms with Crippen LogP contribution in [0.1, 0.15) is 36.5 Å². The summed E-state index contributed by atoms with van der Waals surface area (Å²) in [6, 6.07) is 0. The third-order valence-corrected chi connectivity index (χ3v) is 2.60. The summed E-state index contributed by atoms with van der Waals surface area (Å²) < 4.78 is 0. The van der Waals surface area contributed by atoms with E-state index < -0.39 is 17.4 Å². The summed E-state index contributed by atoms with van der Waals surface area (Å²) in [5.74, 6) is -2.88. The molecule has 0 aliphatic rings. The van der Waals surface area contributed by atoms with Crippen LogP contribution in [0, 0.1) is 11.3 Å². The van der Waals surface area contributed by atoms with Crippen LogP contribution in [-0.2, 0) is 9.59 Å². The summed E-state index contributed by atoms with van der Waals surface area (Å²) in [4.78, 5) is 21.6. The molecule has 0 saturated heterocycles. The number of rotatable bonds is 5. The van der Waals surface area contributed by atoms with Gasteiger partial charge in [0.2, 0.25) is 0 Å². The quantitative estimate of drug-likeness (QED) is 0.553. The maximum Gasteiger partial charge on any atom is 2.00 e. The van der Waals surface area contributed by atoms with Crippen molar-refractivity contribution < 1.29 is 22.7 Å². The molecule has 80 valence electrons. The van der Waals surface area contributed by atoms with E-state index in [-0.39, 0.29) is 46.5 Å². The SMILES string of the molecule is CCCC(C)C(C)(C(=O)O)C(=O)O.[Ca+2].[H-].[H-]. The normalized spacial score (nSPS) is 12.8. The molecule has 0 aromatic rings. The third-order valence-electron chi connectivity index (χ3n) is 2.60. The van der Waals surface area contributed by atoms with E-state index >= 15 is 0 Å². The van der Waals surface area contributed by atoms with Crippen molar-refractivity contribution in [1.82, 2.24) is 0 Å². The summed E-state index contributed by atoms with van der Waals surface area (Å²) in [7, 11) is 0. The molecular weight excluding hydrogens is 212 g/mol. The molecule has 0 spiro atoms. The Bertz CT molecular complexity index is 210. The van der Waals surface area contributed by atoms with E-state index in [0.717, 1.165) is 6.42 Å². The minimum Gasteiger partial charge on any atom is -1.00 e. The Morgan fingerprint density at radius 3 is 1.93 bits per heavy atom. The maximum atomic E-state index is 10.8. The topological polar surface area (TPSA) is 74.6 Å². The number of carbonyl (C=O) groups is 2. The van der Waals surface area contributed by atoms with Crippen molar-refractivity contribution in [3.63, 3.8) is 0 Å². The van der Waals surface area contributed by atoms with Crippen LogP contribution in [0.15, 0.2) is 0 Å². The van der Waals surface area contributed by atoms with Crippen molar-refractivity contribution in [2.75, 3.05) is 0 Å². The van der Waals surface area contributed by atoms with Gasteiger partial charge in [-0.1, -0.05) is 20.3 Å². The van der Waals surface area contributed by atoms with Crippen LogP contribution in [0.25, 0.3) is 0 Å². The van der Waals surface area contributed by atoms with Gasteiger partial charge in [0.25, 0.3) is 0 Å². The molecule has 1 atom stereocenters. The standard InChI is InChI=1S/C9H16O4.Ca.2H/c1-4-5-6(2)9(3,7(10)11)8(12)13;;;/h6H,4-5H2,1-3H3,(H,10,11)(H,12,13);;;/q;+2;2*-1. The van der Waals surface area contributed by atoms with Gasteiger partial charge in [-0.25, -0.2) is 0 Å². The van der Waals surface area contributed by atoms with Crippen molar-refractivity contribution >= 4 is 49.7 Å². The molecule has 0 rings (SSSR count). The zero-order valence-corrected chi connectivity index (χ0v) is 11.1. The summed E-state index contributed by atoms with van der Waals surface area (Å²) in [6.07, 6.45) is 1.40. The predicted molar refractivity (Wildman–Crippen MR) is 55.4 cm³/mol. The smallest absolute Gasteiger partial charge is 1.00 e. The number of hydrogen-bond acceptors (Lipinski definition) is 2. The Morgan fingerprint density at radius 2 is 1.71 bits per heavy atom. The predicted octanol–water partition coefficient (Wildman–Crippen LogP) is 1.44. The van der Waals surface area contributed by atoms with Gasteiger partial charge in [0.15, 0.2) is 5.41 Å². The molecule has 0 aromatic carbocycles. The van der Waals surface area contributed by atoms with Gasteiger partial charge in [-0.2, -0.15) is 0 Å². The van der Waals surface area contributed by atoms with Crippen LogP contribution in [0.3, 0.4) is 0 Å². The second kappa shape index (κ2) is 6.64. The van der Waals surface area contributed by atoms with Gasteiger partial charge in [0.05, 0.1) is 0 Å². The third kappa shape index (κ3) is 3.40. The Hall–Kier alpha value is 0.200. The monoisotopic (exact) mass is 230 g/mol. The molecule has 0 aliphatic heterocycles. The molecule has 0 heterocycles. The number of carboxylic acid groups (broad SMARTS) is 2. The van der Waals surface area contributed by atoms with Crippen molar-refractivity contribution in [3.05, 3.63) is 0 Å². The zero-order valence-electron chi connectivity index (χ0n) is 10.9. The van der Waals surface area contributed by atoms with Gasteiger partial charge in [0, 0.05) is 0 Å². The van der Waals surface area contributed by atoms with Gasteiger partial charge in [0.1, 0.15) is 0 Å². The zero-order chi connectivity index (χ0) is 10.6. The van der Waals surface area contributed by atoms with E-state index in [1.54, 1.807) is 6.92 Å². The minimum absolute atomic E-state index is 0. The van der Waals surface area contributed by atoms with E-state index in [4.69, 9.17) is 10.2 Å². The Morgan fingerprint density at radius 1 is 1.36 bits per heavy atom. The Kier molecular flexibility index (Phi) is 7.89. The second-order valence-corrected chi connectivity index (χ2v) is 3.50. The molecule has 0 saturated carbocycles. The van der Waals surface area contributed by atoms with Crippen molar-refractivity contribution in [3.8, 4) is 0 Å². The van der Waals surface area contributed by atoms with E-state index in [1.807, 2.05) is 6.92 Å². The molecule has 1 unspecified atom stereocenters. The van der Waals surface area contributed by atoms with Crippen LogP contribution in [0.5, 0.6) is 0 Å². The Balaban J connectivity index is -0.000000240. The first kappa shape index (κ1) is 16.6. The summed E-state index contributed by atoms with van der Waals surface area (Å²) in [6.45, 7) is 4.82. The first-order valence-corrected chi connectivity index (χ1v) is 4.34. The molecule has 0 radical (unpaired) electrons. The fourth-order valence-corrected chi connectivity index (χ4v) is 1.23. The van der Waals surface area contributed by atoms with Crippen molar-refractivity contribution in [1.29, 1.82) is 0 Å². The van der Waals surface area contributed by atoms with Gasteiger partial charge in [-0.05, 0) is 19.3 Å². The fourth-order valence-electron chi connectivity index (χ4n) is 1.23.